The fourth-order valence-electron chi connectivity index (χ4n) is 1.55. The number of hydrogen-bond donors (Lipinski definition) is 3. The van der Waals surface area contributed by atoms with Crippen molar-refractivity contribution in [3.63, 3.8) is 0 Å². The predicted octanol–water partition coefficient (Wildman–Crippen LogP) is 0.385. The first-order valence-electron chi connectivity index (χ1n) is 5.99. The summed E-state index contributed by atoms with van der Waals surface area (Å²) >= 11 is 1.53. The van der Waals surface area contributed by atoms with Gasteiger partial charge in [0.2, 0.25) is 10.0 Å². The Kier molecular flexibility index (Phi) is 6.47. The van der Waals surface area contributed by atoms with Crippen molar-refractivity contribution >= 4 is 27.7 Å². The van der Waals surface area contributed by atoms with Gasteiger partial charge in [0, 0.05) is 0 Å². The van der Waals surface area contributed by atoms with Crippen molar-refractivity contribution in [2.75, 3.05) is 12.0 Å². The molecule has 0 aliphatic heterocycles. The number of thioether (sulfide) groups is 1. The van der Waals surface area contributed by atoms with Crippen molar-refractivity contribution in [2.24, 2.45) is 5.84 Å². The lowest BCUT2D eigenvalue weighted by Gasteiger charge is -2.16. The minimum atomic E-state index is -3.74. The Labute approximate surface area is 123 Å². The molecule has 0 saturated carbocycles. The maximum Gasteiger partial charge on any atom is 0.252 e. The average Bonchev–Trinajstić information content (AvgIpc) is 2.43. The van der Waals surface area contributed by atoms with E-state index in [0.29, 0.717) is 12.2 Å². The smallest absolute Gasteiger partial charge is 0.252 e. The molecule has 6 nitrogen and oxygen atoms in total. The van der Waals surface area contributed by atoms with Crippen LogP contribution >= 0.6 is 11.8 Å². The molecule has 0 spiro atoms. The lowest BCUT2D eigenvalue weighted by molar-refractivity contribution is -0.122. The Morgan fingerprint density at radius 2 is 1.95 bits per heavy atom. The standard InChI is InChI=1S/C12H19N3O3S2/c1-9-3-5-10(6-4-9)20(17,18)15-11(7-8-19-2)12(16)14-13/h3-6,11,15H,7-8,13H2,1-2H3,(H,14,16)/t11-/m0/s1. The van der Waals surface area contributed by atoms with Crippen LogP contribution in [0.1, 0.15) is 12.0 Å². The Bertz CT molecular complexity index is 544. The van der Waals surface area contributed by atoms with Crippen LogP contribution in [0.25, 0.3) is 0 Å². The van der Waals surface area contributed by atoms with Crippen molar-refractivity contribution in [3.8, 4) is 0 Å². The first-order chi connectivity index (χ1) is 9.40. The van der Waals surface area contributed by atoms with Gasteiger partial charge in [-0.15, -0.1) is 0 Å². The summed E-state index contributed by atoms with van der Waals surface area (Å²) in [6, 6.07) is 5.54. The van der Waals surface area contributed by atoms with Crippen LogP contribution in [-0.4, -0.2) is 32.4 Å². The van der Waals surface area contributed by atoms with Gasteiger partial charge in [-0.05, 0) is 37.5 Å². The quantitative estimate of drug-likeness (QED) is 0.383. The third-order valence-corrected chi connectivity index (χ3v) is 4.83. The van der Waals surface area contributed by atoms with Crippen LogP contribution in [0.2, 0.25) is 0 Å². The number of hydrogen-bond acceptors (Lipinski definition) is 5. The molecule has 20 heavy (non-hydrogen) atoms. The molecule has 1 aromatic rings. The van der Waals surface area contributed by atoms with Crippen LogP contribution in [0.3, 0.4) is 0 Å². The lowest BCUT2D eigenvalue weighted by Crippen LogP contribution is -2.49. The van der Waals surface area contributed by atoms with Gasteiger partial charge in [-0.3, -0.25) is 10.2 Å². The van der Waals surface area contributed by atoms with E-state index in [9.17, 15) is 13.2 Å². The molecule has 8 heteroatoms. The minimum Gasteiger partial charge on any atom is -0.293 e. The summed E-state index contributed by atoms with van der Waals surface area (Å²) in [5, 5.41) is 0. The molecule has 0 aliphatic rings. The summed E-state index contributed by atoms with van der Waals surface area (Å²) in [7, 11) is -3.74. The highest BCUT2D eigenvalue weighted by molar-refractivity contribution is 7.98. The Morgan fingerprint density at radius 3 is 2.45 bits per heavy atom. The number of benzene rings is 1. The highest BCUT2D eigenvalue weighted by Gasteiger charge is 2.24. The molecule has 1 aromatic carbocycles. The van der Waals surface area contributed by atoms with E-state index >= 15 is 0 Å². The van der Waals surface area contributed by atoms with Crippen LogP contribution in [0.5, 0.6) is 0 Å². The number of nitrogens with two attached hydrogens (primary N) is 1. The Hall–Kier alpha value is -1.09. The van der Waals surface area contributed by atoms with E-state index in [1.165, 1.54) is 23.9 Å². The first kappa shape index (κ1) is 17.0. The summed E-state index contributed by atoms with van der Waals surface area (Å²) < 4.78 is 26.8. The van der Waals surface area contributed by atoms with E-state index < -0.39 is 22.0 Å². The molecule has 0 aliphatic carbocycles. The van der Waals surface area contributed by atoms with Gasteiger partial charge in [0.1, 0.15) is 6.04 Å². The molecule has 0 aromatic heterocycles. The summed E-state index contributed by atoms with van der Waals surface area (Å²) in [6.07, 6.45) is 2.25. The number of aryl methyl sites for hydroxylation is 1. The molecule has 1 amide bonds. The molecule has 0 heterocycles. The van der Waals surface area contributed by atoms with Crippen LogP contribution < -0.4 is 16.0 Å². The van der Waals surface area contributed by atoms with Crippen LogP contribution in [-0.2, 0) is 14.8 Å². The predicted molar refractivity (Wildman–Crippen MR) is 80.6 cm³/mol. The third-order valence-electron chi connectivity index (χ3n) is 2.70. The summed E-state index contributed by atoms with van der Waals surface area (Å²) in [5.74, 6) is 5.18. The summed E-state index contributed by atoms with van der Waals surface area (Å²) in [4.78, 5) is 11.7. The highest BCUT2D eigenvalue weighted by atomic mass is 32.2. The number of hydrazine groups is 1. The fourth-order valence-corrected chi connectivity index (χ4v) is 3.25. The van der Waals surface area contributed by atoms with E-state index in [-0.39, 0.29) is 4.90 Å². The average molecular weight is 317 g/mol. The lowest BCUT2D eigenvalue weighted by atomic mass is 10.2. The normalized spacial score (nSPS) is 12.9. The van der Waals surface area contributed by atoms with Crippen molar-refractivity contribution in [1.82, 2.24) is 10.1 Å². The maximum absolute atomic E-state index is 12.2. The molecular formula is C12H19N3O3S2. The van der Waals surface area contributed by atoms with Gasteiger partial charge < -0.3 is 0 Å². The topological polar surface area (TPSA) is 101 Å². The van der Waals surface area contributed by atoms with E-state index in [1.807, 2.05) is 18.6 Å². The number of amides is 1. The first-order valence-corrected chi connectivity index (χ1v) is 8.87. The molecule has 1 atom stereocenters. The zero-order valence-electron chi connectivity index (χ0n) is 11.4. The van der Waals surface area contributed by atoms with Crippen LogP contribution in [0.15, 0.2) is 29.2 Å². The maximum atomic E-state index is 12.2. The van der Waals surface area contributed by atoms with Gasteiger partial charge in [-0.2, -0.15) is 16.5 Å². The second kappa shape index (κ2) is 7.63. The number of carbonyl (C=O) groups excluding carboxylic acids is 1. The Morgan fingerprint density at radius 1 is 1.35 bits per heavy atom. The zero-order valence-corrected chi connectivity index (χ0v) is 13.1. The Balaban J connectivity index is 2.90. The molecule has 0 fully saturated rings. The van der Waals surface area contributed by atoms with E-state index in [2.05, 4.69) is 4.72 Å². The zero-order chi connectivity index (χ0) is 15.2. The largest absolute Gasteiger partial charge is 0.293 e. The van der Waals surface area contributed by atoms with Crippen LogP contribution in [0, 0.1) is 6.92 Å². The molecular weight excluding hydrogens is 298 g/mol. The molecule has 112 valence electrons. The molecule has 0 bridgehead atoms. The molecule has 1 rings (SSSR count). The van der Waals surface area contributed by atoms with Gasteiger partial charge in [0.05, 0.1) is 4.90 Å². The number of nitrogens with one attached hydrogen (secondary N) is 2. The molecule has 0 radical (unpaired) electrons. The second-order valence-electron chi connectivity index (χ2n) is 4.28. The van der Waals surface area contributed by atoms with Gasteiger partial charge in [0.25, 0.3) is 5.91 Å². The number of rotatable bonds is 7. The molecule has 0 saturated heterocycles. The number of carbonyl (C=O) groups is 1. The van der Waals surface area contributed by atoms with Gasteiger partial charge in [0.15, 0.2) is 0 Å². The van der Waals surface area contributed by atoms with Gasteiger partial charge >= 0.3 is 0 Å². The van der Waals surface area contributed by atoms with Crippen molar-refractivity contribution < 1.29 is 13.2 Å². The molecule has 4 N–H and O–H groups in total. The summed E-state index contributed by atoms with van der Waals surface area (Å²) in [5.41, 5.74) is 2.94. The van der Waals surface area contributed by atoms with Gasteiger partial charge in [-0.1, -0.05) is 17.7 Å². The number of sulfonamides is 1. The van der Waals surface area contributed by atoms with E-state index in [0.717, 1.165) is 5.56 Å². The van der Waals surface area contributed by atoms with Gasteiger partial charge in [-0.25, -0.2) is 14.3 Å². The summed E-state index contributed by atoms with van der Waals surface area (Å²) in [6.45, 7) is 1.87. The minimum absolute atomic E-state index is 0.127. The van der Waals surface area contributed by atoms with E-state index in [4.69, 9.17) is 5.84 Å². The third kappa shape index (κ3) is 4.78. The monoisotopic (exact) mass is 317 g/mol. The molecule has 0 unspecified atom stereocenters. The second-order valence-corrected chi connectivity index (χ2v) is 6.98. The fraction of sp³-hybridized carbons (Fsp3) is 0.417. The van der Waals surface area contributed by atoms with Crippen molar-refractivity contribution in [3.05, 3.63) is 29.8 Å². The highest BCUT2D eigenvalue weighted by Crippen LogP contribution is 2.12. The van der Waals surface area contributed by atoms with Crippen molar-refractivity contribution in [2.45, 2.75) is 24.3 Å². The SMILES string of the molecule is CSCC[C@H](NS(=O)(=O)c1ccc(C)cc1)C(=O)NN. The van der Waals surface area contributed by atoms with Crippen LogP contribution in [0.4, 0.5) is 0 Å². The van der Waals surface area contributed by atoms with E-state index in [1.54, 1.807) is 12.1 Å². The van der Waals surface area contributed by atoms with Crippen molar-refractivity contribution in [1.29, 1.82) is 0 Å².